The smallest absolute Gasteiger partial charge is 0.264 e. The molecular weight excluding hydrogens is 318 g/mol. The van der Waals surface area contributed by atoms with Gasteiger partial charge < -0.3 is 0 Å². The zero-order valence-corrected chi connectivity index (χ0v) is 12.1. The zero-order valence-electron chi connectivity index (χ0n) is 9.73. The lowest BCUT2D eigenvalue weighted by Gasteiger charge is -2.11. The summed E-state index contributed by atoms with van der Waals surface area (Å²) in [4.78, 5) is 11.9. The number of benzene rings is 1. The summed E-state index contributed by atoms with van der Waals surface area (Å²) in [6, 6.07) is 6.20. The molecule has 0 bridgehead atoms. The molecule has 18 heavy (non-hydrogen) atoms. The van der Waals surface area contributed by atoms with Crippen LogP contribution in [0.4, 0.5) is 0 Å². The van der Waals surface area contributed by atoms with E-state index in [1.54, 1.807) is 12.1 Å². The third-order valence-corrected chi connectivity index (χ3v) is 4.98. The van der Waals surface area contributed by atoms with E-state index >= 15 is 0 Å². The van der Waals surface area contributed by atoms with Gasteiger partial charge in [-0.1, -0.05) is 28.8 Å². The van der Waals surface area contributed by atoms with Crippen molar-refractivity contribution in [3.05, 3.63) is 28.7 Å². The van der Waals surface area contributed by atoms with Crippen molar-refractivity contribution in [1.29, 1.82) is 0 Å². The van der Waals surface area contributed by atoms with Crippen molar-refractivity contribution in [3.8, 4) is 0 Å². The molecule has 6 heteroatoms. The monoisotopic (exact) mass is 331 g/mol. The third-order valence-electron chi connectivity index (χ3n) is 3.08. The van der Waals surface area contributed by atoms with Crippen LogP contribution in [0.15, 0.2) is 33.6 Å². The maximum atomic E-state index is 12.0. The molecule has 2 rings (SSSR count). The number of amides is 1. The molecule has 0 heterocycles. The number of hydrogen-bond donors (Lipinski definition) is 1. The highest BCUT2D eigenvalue weighted by Gasteiger charge is 2.26. The highest BCUT2D eigenvalue weighted by molar-refractivity contribution is 9.10. The Kier molecular flexibility index (Phi) is 4.07. The molecule has 1 aliphatic rings. The number of carbonyl (C=O) groups is 1. The number of carbonyl (C=O) groups excluding carboxylic acids is 1. The van der Waals surface area contributed by atoms with E-state index in [1.165, 1.54) is 12.1 Å². The number of halogens is 1. The van der Waals surface area contributed by atoms with Crippen LogP contribution in [0.5, 0.6) is 0 Å². The van der Waals surface area contributed by atoms with Crippen molar-refractivity contribution in [3.63, 3.8) is 0 Å². The minimum absolute atomic E-state index is 0.108. The molecule has 0 saturated heterocycles. The number of nitrogens with one attached hydrogen (secondary N) is 1. The fourth-order valence-corrected chi connectivity index (χ4v) is 3.38. The second-order valence-electron chi connectivity index (χ2n) is 4.41. The summed E-state index contributed by atoms with van der Waals surface area (Å²) in [5.41, 5.74) is 0. The van der Waals surface area contributed by atoms with Gasteiger partial charge in [0.1, 0.15) is 0 Å². The van der Waals surface area contributed by atoms with Gasteiger partial charge in [-0.3, -0.25) is 4.79 Å². The van der Waals surface area contributed by atoms with Crippen LogP contribution in [0.3, 0.4) is 0 Å². The van der Waals surface area contributed by atoms with Gasteiger partial charge in [0.15, 0.2) is 0 Å². The van der Waals surface area contributed by atoms with Crippen molar-refractivity contribution in [1.82, 2.24) is 4.72 Å². The first kappa shape index (κ1) is 13.5. The Labute approximate surface area is 115 Å². The van der Waals surface area contributed by atoms with Gasteiger partial charge in [0.2, 0.25) is 5.91 Å². The van der Waals surface area contributed by atoms with Gasteiger partial charge in [-0.25, -0.2) is 13.1 Å². The quantitative estimate of drug-likeness (QED) is 0.925. The summed E-state index contributed by atoms with van der Waals surface area (Å²) >= 11 is 3.23. The highest BCUT2D eigenvalue weighted by atomic mass is 79.9. The first-order valence-corrected chi connectivity index (χ1v) is 8.09. The summed E-state index contributed by atoms with van der Waals surface area (Å²) in [7, 11) is -3.73. The van der Waals surface area contributed by atoms with E-state index < -0.39 is 10.0 Å². The molecule has 4 nitrogen and oxygen atoms in total. The van der Waals surface area contributed by atoms with Gasteiger partial charge in [-0.15, -0.1) is 0 Å². The molecule has 1 aromatic rings. The van der Waals surface area contributed by atoms with Gasteiger partial charge in [0.05, 0.1) is 4.90 Å². The van der Waals surface area contributed by atoms with Crippen LogP contribution in [-0.2, 0) is 14.8 Å². The minimum atomic E-state index is -3.73. The predicted octanol–water partition coefficient (Wildman–Crippen LogP) is 2.44. The van der Waals surface area contributed by atoms with Crippen LogP contribution in [0, 0.1) is 5.92 Å². The Morgan fingerprint density at radius 3 is 2.28 bits per heavy atom. The van der Waals surface area contributed by atoms with Crippen LogP contribution >= 0.6 is 15.9 Å². The molecule has 1 aromatic carbocycles. The number of rotatable bonds is 3. The van der Waals surface area contributed by atoms with E-state index in [9.17, 15) is 13.2 Å². The summed E-state index contributed by atoms with van der Waals surface area (Å²) in [5.74, 6) is -0.536. The van der Waals surface area contributed by atoms with E-state index in [0.717, 1.165) is 30.2 Å². The Balaban J connectivity index is 2.11. The van der Waals surface area contributed by atoms with Gasteiger partial charge in [0, 0.05) is 10.4 Å². The van der Waals surface area contributed by atoms with Crippen LogP contribution in [0.25, 0.3) is 0 Å². The van der Waals surface area contributed by atoms with Crippen LogP contribution in [0.2, 0.25) is 0 Å². The van der Waals surface area contributed by atoms with Crippen LogP contribution in [-0.4, -0.2) is 14.3 Å². The average Bonchev–Trinajstić information content (AvgIpc) is 2.82. The van der Waals surface area contributed by atoms with E-state index in [-0.39, 0.29) is 16.7 Å². The lowest BCUT2D eigenvalue weighted by molar-refractivity contribution is -0.122. The lowest BCUT2D eigenvalue weighted by atomic mass is 10.1. The summed E-state index contributed by atoms with van der Waals surface area (Å²) in [6.45, 7) is 0. The maximum Gasteiger partial charge on any atom is 0.264 e. The SMILES string of the molecule is O=C(NS(=O)(=O)c1ccc(Br)cc1)C1CCCC1. The molecule has 1 fully saturated rings. The van der Waals surface area contributed by atoms with Crippen molar-refractivity contribution in [2.24, 2.45) is 5.92 Å². The molecule has 0 aliphatic heterocycles. The fraction of sp³-hybridized carbons (Fsp3) is 0.417. The molecule has 0 spiro atoms. The molecule has 0 atom stereocenters. The highest BCUT2D eigenvalue weighted by Crippen LogP contribution is 2.25. The standard InChI is InChI=1S/C12H14BrNO3S/c13-10-5-7-11(8-6-10)18(16,17)14-12(15)9-3-1-2-4-9/h5-9H,1-4H2,(H,14,15). The molecule has 1 N–H and O–H groups in total. The van der Waals surface area contributed by atoms with Crippen molar-refractivity contribution in [2.45, 2.75) is 30.6 Å². The second kappa shape index (κ2) is 5.40. The lowest BCUT2D eigenvalue weighted by Crippen LogP contribution is -2.34. The van der Waals surface area contributed by atoms with Crippen molar-refractivity contribution >= 4 is 31.9 Å². The summed E-state index contributed by atoms with van der Waals surface area (Å²) in [5, 5.41) is 0. The Morgan fingerprint density at radius 2 is 1.72 bits per heavy atom. The molecule has 1 aliphatic carbocycles. The van der Waals surface area contributed by atoms with Gasteiger partial charge in [-0.05, 0) is 37.1 Å². The third kappa shape index (κ3) is 3.11. The van der Waals surface area contributed by atoms with E-state index in [4.69, 9.17) is 0 Å². The number of hydrogen-bond acceptors (Lipinski definition) is 3. The van der Waals surface area contributed by atoms with E-state index in [1.807, 2.05) is 0 Å². The Morgan fingerprint density at radius 1 is 1.17 bits per heavy atom. The first-order chi connectivity index (χ1) is 8.49. The second-order valence-corrected chi connectivity index (χ2v) is 7.00. The molecule has 1 saturated carbocycles. The molecule has 98 valence electrons. The molecule has 1 amide bonds. The maximum absolute atomic E-state index is 12.0. The van der Waals surface area contributed by atoms with E-state index in [0.29, 0.717) is 0 Å². The summed E-state index contributed by atoms with van der Waals surface area (Å²) < 4.78 is 26.9. The average molecular weight is 332 g/mol. The molecular formula is C12H14BrNO3S. The fourth-order valence-electron chi connectivity index (χ4n) is 2.08. The van der Waals surface area contributed by atoms with Crippen LogP contribution < -0.4 is 4.72 Å². The van der Waals surface area contributed by atoms with Crippen molar-refractivity contribution in [2.75, 3.05) is 0 Å². The normalized spacial score (nSPS) is 16.7. The molecule has 0 radical (unpaired) electrons. The zero-order chi connectivity index (χ0) is 13.2. The minimum Gasteiger partial charge on any atom is -0.274 e. The Bertz CT molecular complexity index is 533. The number of sulfonamides is 1. The van der Waals surface area contributed by atoms with Gasteiger partial charge in [-0.2, -0.15) is 0 Å². The molecule has 0 unspecified atom stereocenters. The first-order valence-electron chi connectivity index (χ1n) is 5.81. The van der Waals surface area contributed by atoms with Gasteiger partial charge in [0.25, 0.3) is 10.0 Å². The predicted molar refractivity (Wildman–Crippen MR) is 71.4 cm³/mol. The molecule has 0 aromatic heterocycles. The Hall–Kier alpha value is -0.880. The van der Waals surface area contributed by atoms with Gasteiger partial charge >= 0.3 is 0 Å². The van der Waals surface area contributed by atoms with E-state index in [2.05, 4.69) is 20.7 Å². The van der Waals surface area contributed by atoms with Crippen LogP contribution in [0.1, 0.15) is 25.7 Å². The summed E-state index contributed by atoms with van der Waals surface area (Å²) in [6.07, 6.45) is 3.55. The topological polar surface area (TPSA) is 63.2 Å². The van der Waals surface area contributed by atoms with Crippen molar-refractivity contribution < 1.29 is 13.2 Å². The largest absolute Gasteiger partial charge is 0.274 e.